The molecule has 1 fully saturated rings. The number of hydrogen-bond donors (Lipinski definition) is 0. The van der Waals surface area contributed by atoms with Crippen LogP contribution in [0.15, 0.2) is 42.5 Å². The normalized spacial score (nSPS) is 14.4. The van der Waals surface area contributed by atoms with Crippen LogP contribution in [0.2, 0.25) is 0 Å². The molecule has 0 unspecified atom stereocenters. The van der Waals surface area contributed by atoms with Crippen molar-refractivity contribution in [1.29, 1.82) is 0 Å². The van der Waals surface area contributed by atoms with E-state index >= 15 is 0 Å². The number of halogens is 1. The van der Waals surface area contributed by atoms with Gasteiger partial charge in [0.15, 0.2) is 0 Å². The molecule has 162 valence electrons. The molecule has 1 amide bonds. The van der Waals surface area contributed by atoms with E-state index in [1.54, 1.807) is 23.1 Å². The van der Waals surface area contributed by atoms with E-state index in [1.165, 1.54) is 24.3 Å². The Morgan fingerprint density at radius 2 is 1.83 bits per heavy atom. The van der Waals surface area contributed by atoms with Crippen molar-refractivity contribution in [1.82, 2.24) is 4.90 Å². The lowest BCUT2D eigenvalue weighted by Gasteiger charge is -2.27. The lowest BCUT2D eigenvalue weighted by Crippen LogP contribution is -2.40. The first-order valence-electron chi connectivity index (χ1n) is 9.65. The molecule has 30 heavy (non-hydrogen) atoms. The second-order valence-electron chi connectivity index (χ2n) is 6.91. The number of carbonyl (C=O) groups is 1. The van der Waals surface area contributed by atoms with Crippen LogP contribution in [-0.2, 0) is 21.3 Å². The van der Waals surface area contributed by atoms with Gasteiger partial charge in [-0.15, -0.1) is 0 Å². The molecule has 0 saturated carbocycles. The van der Waals surface area contributed by atoms with Crippen molar-refractivity contribution in [2.75, 3.05) is 43.5 Å². The Kier molecular flexibility index (Phi) is 6.94. The molecule has 9 heteroatoms. The Balaban J connectivity index is 1.96. The summed E-state index contributed by atoms with van der Waals surface area (Å²) in [5.74, 6) is -0.109. The number of amides is 1. The summed E-state index contributed by atoms with van der Waals surface area (Å²) in [4.78, 5) is 14.6. The number of morpholine rings is 1. The number of benzene rings is 2. The van der Waals surface area contributed by atoms with Gasteiger partial charge in [0.05, 0.1) is 38.3 Å². The molecule has 0 bridgehead atoms. The van der Waals surface area contributed by atoms with E-state index in [4.69, 9.17) is 9.47 Å². The number of nitrogens with zero attached hydrogens (tertiary/aromatic N) is 2. The highest BCUT2D eigenvalue weighted by Crippen LogP contribution is 2.27. The molecule has 1 saturated heterocycles. The molecule has 2 aromatic rings. The van der Waals surface area contributed by atoms with Gasteiger partial charge in [0.25, 0.3) is 5.91 Å². The summed E-state index contributed by atoms with van der Waals surface area (Å²) in [6.45, 7) is 4.15. The lowest BCUT2D eigenvalue weighted by atomic mass is 10.1. The molecular weight excluding hydrogens is 411 g/mol. The van der Waals surface area contributed by atoms with Crippen LogP contribution in [-0.4, -0.2) is 58.4 Å². The highest BCUT2D eigenvalue weighted by molar-refractivity contribution is 7.92. The van der Waals surface area contributed by atoms with Crippen molar-refractivity contribution in [3.8, 4) is 5.75 Å². The van der Waals surface area contributed by atoms with E-state index < -0.39 is 15.8 Å². The van der Waals surface area contributed by atoms with Crippen molar-refractivity contribution in [2.24, 2.45) is 0 Å². The van der Waals surface area contributed by atoms with E-state index in [2.05, 4.69) is 0 Å². The molecular formula is C21H25FN2O5S. The Labute approximate surface area is 176 Å². The van der Waals surface area contributed by atoms with Crippen LogP contribution >= 0.6 is 0 Å². The van der Waals surface area contributed by atoms with Crippen molar-refractivity contribution in [3.05, 3.63) is 59.4 Å². The first kappa shape index (κ1) is 22.0. The number of carbonyl (C=O) groups excluding carboxylic acids is 1. The molecule has 3 rings (SSSR count). The van der Waals surface area contributed by atoms with Gasteiger partial charge in [-0.05, 0) is 49.4 Å². The van der Waals surface area contributed by atoms with E-state index in [0.29, 0.717) is 55.5 Å². The maximum absolute atomic E-state index is 13.3. The Bertz CT molecular complexity index is 989. The number of anilines is 1. The van der Waals surface area contributed by atoms with E-state index in [1.807, 2.05) is 6.92 Å². The predicted molar refractivity (Wildman–Crippen MR) is 112 cm³/mol. The van der Waals surface area contributed by atoms with Gasteiger partial charge >= 0.3 is 0 Å². The number of ether oxygens (including phenoxy) is 2. The zero-order chi connectivity index (χ0) is 21.7. The molecule has 1 aliphatic rings. The van der Waals surface area contributed by atoms with Crippen LogP contribution in [0.3, 0.4) is 0 Å². The first-order chi connectivity index (χ1) is 14.3. The molecule has 0 atom stereocenters. The summed E-state index contributed by atoms with van der Waals surface area (Å²) in [5, 5.41) is 0. The molecule has 1 aliphatic heterocycles. The SMILES string of the molecule is CCOc1ccc(C(=O)N2CCOCC2)cc1CN(c1ccc(F)cc1)S(C)(=O)=O. The number of sulfonamides is 1. The van der Waals surface area contributed by atoms with E-state index in [9.17, 15) is 17.6 Å². The fourth-order valence-electron chi connectivity index (χ4n) is 3.24. The Hall–Kier alpha value is -2.65. The average molecular weight is 437 g/mol. The molecule has 0 aromatic heterocycles. The molecule has 7 nitrogen and oxygen atoms in total. The monoisotopic (exact) mass is 436 g/mol. The van der Waals surface area contributed by atoms with Crippen molar-refractivity contribution in [2.45, 2.75) is 13.5 Å². The van der Waals surface area contributed by atoms with Gasteiger partial charge in [-0.25, -0.2) is 12.8 Å². The maximum atomic E-state index is 13.3. The molecule has 2 aromatic carbocycles. The minimum absolute atomic E-state index is 0.0516. The van der Waals surface area contributed by atoms with Crippen LogP contribution in [0.4, 0.5) is 10.1 Å². The summed E-state index contributed by atoms with van der Waals surface area (Å²) in [6.07, 6.45) is 1.08. The fraction of sp³-hybridized carbons (Fsp3) is 0.381. The molecule has 0 spiro atoms. The summed E-state index contributed by atoms with van der Waals surface area (Å²) in [5.41, 5.74) is 1.32. The summed E-state index contributed by atoms with van der Waals surface area (Å²) in [7, 11) is -3.67. The fourth-order valence-corrected chi connectivity index (χ4v) is 4.12. The largest absolute Gasteiger partial charge is 0.494 e. The topological polar surface area (TPSA) is 76.2 Å². The highest BCUT2D eigenvalue weighted by atomic mass is 32.2. The lowest BCUT2D eigenvalue weighted by molar-refractivity contribution is 0.0303. The first-order valence-corrected chi connectivity index (χ1v) is 11.5. The van der Waals surface area contributed by atoms with Crippen molar-refractivity contribution >= 4 is 21.6 Å². The second kappa shape index (κ2) is 9.44. The van der Waals surface area contributed by atoms with Crippen LogP contribution < -0.4 is 9.04 Å². The van der Waals surface area contributed by atoms with Gasteiger partial charge in [-0.1, -0.05) is 0 Å². The quantitative estimate of drug-likeness (QED) is 0.667. The minimum Gasteiger partial charge on any atom is -0.494 e. The maximum Gasteiger partial charge on any atom is 0.254 e. The van der Waals surface area contributed by atoms with Crippen molar-refractivity contribution in [3.63, 3.8) is 0 Å². The van der Waals surface area contributed by atoms with Crippen LogP contribution in [0, 0.1) is 5.82 Å². The Morgan fingerprint density at radius 1 is 1.17 bits per heavy atom. The molecule has 0 aliphatic carbocycles. The van der Waals surface area contributed by atoms with Gasteiger partial charge in [-0.2, -0.15) is 0 Å². The van der Waals surface area contributed by atoms with Crippen molar-refractivity contribution < 1.29 is 27.1 Å². The predicted octanol–water partition coefficient (Wildman–Crippen LogP) is 2.66. The molecule has 0 radical (unpaired) electrons. The van der Waals surface area contributed by atoms with Gasteiger partial charge in [0.1, 0.15) is 11.6 Å². The smallest absolute Gasteiger partial charge is 0.254 e. The second-order valence-corrected chi connectivity index (χ2v) is 8.81. The van der Waals surface area contributed by atoms with E-state index in [-0.39, 0.29) is 12.5 Å². The minimum atomic E-state index is -3.67. The van der Waals surface area contributed by atoms with E-state index in [0.717, 1.165) is 10.6 Å². The zero-order valence-electron chi connectivity index (χ0n) is 17.0. The Morgan fingerprint density at radius 3 is 2.43 bits per heavy atom. The number of rotatable bonds is 7. The van der Waals surface area contributed by atoms with Crippen LogP contribution in [0.1, 0.15) is 22.8 Å². The van der Waals surface area contributed by atoms with Gasteiger partial charge < -0.3 is 14.4 Å². The average Bonchev–Trinajstić information content (AvgIpc) is 2.73. The van der Waals surface area contributed by atoms with Gasteiger partial charge in [0.2, 0.25) is 10.0 Å². The van der Waals surface area contributed by atoms with Crippen LogP contribution in [0.5, 0.6) is 5.75 Å². The summed E-state index contributed by atoms with van der Waals surface area (Å²) >= 11 is 0. The van der Waals surface area contributed by atoms with Gasteiger partial charge in [0, 0.05) is 24.2 Å². The highest BCUT2D eigenvalue weighted by Gasteiger charge is 2.23. The third kappa shape index (κ3) is 5.28. The summed E-state index contributed by atoms with van der Waals surface area (Å²) in [6, 6.07) is 10.2. The number of hydrogen-bond acceptors (Lipinski definition) is 5. The molecule has 1 heterocycles. The molecule has 0 N–H and O–H groups in total. The summed E-state index contributed by atoms with van der Waals surface area (Å²) < 4.78 is 50.3. The zero-order valence-corrected chi connectivity index (χ0v) is 17.8. The van der Waals surface area contributed by atoms with Crippen LogP contribution in [0.25, 0.3) is 0 Å². The standard InChI is InChI=1S/C21H25FN2O5S/c1-3-29-20-9-4-16(21(25)23-10-12-28-13-11-23)14-17(20)15-24(30(2,26)27)19-7-5-18(22)6-8-19/h4-9,14H,3,10-13,15H2,1-2H3. The van der Waals surface area contributed by atoms with Gasteiger partial charge in [-0.3, -0.25) is 9.10 Å². The third-order valence-corrected chi connectivity index (χ3v) is 5.88. The third-order valence-electron chi connectivity index (χ3n) is 4.73.